The molecular weight excluding hydrogens is 126 g/mol. The van der Waals surface area contributed by atoms with E-state index < -0.39 is 0 Å². The number of rotatable bonds is 1. The van der Waals surface area contributed by atoms with Gasteiger partial charge in [0.2, 0.25) is 0 Å². The molecule has 0 aromatic heterocycles. The third-order valence-electron chi connectivity index (χ3n) is 0.673. The molecule has 0 spiro atoms. The Hall–Kier alpha value is 0.110. The molecule has 0 aliphatic carbocycles. The van der Waals surface area contributed by atoms with Crippen molar-refractivity contribution >= 4 is 34.4 Å². The number of hydrogen-bond acceptors (Lipinski definition) is 3. The fraction of sp³-hybridized carbons (Fsp3) is 0.500. The molecule has 0 saturated carbocycles. The van der Waals surface area contributed by atoms with Crippen molar-refractivity contribution in [3.8, 4) is 0 Å². The zero-order valence-electron chi connectivity index (χ0n) is 3.68. The fourth-order valence-corrected chi connectivity index (χ4v) is 1.26. The van der Waals surface area contributed by atoms with E-state index in [1.54, 1.807) is 11.8 Å². The summed E-state index contributed by atoms with van der Waals surface area (Å²) in [5, 5.41) is 3.46. The third kappa shape index (κ3) is 1.24. The summed E-state index contributed by atoms with van der Waals surface area (Å²) in [6.45, 7) is 0.920. The Morgan fingerprint density at radius 2 is 2.71 bits per heavy atom. The summed E-state index contributed by atoms with van der Waals surface area (Å²) in [5.41, 5.74) is 0. The molecule has 0 saturated heterocycles. The van der Waals surface area contributed by atoms with Crippen molar-refractivity contribution in [2.75, 3.05) is 12.3 Å². The van der Waals surface area contributed by atoms with E-state index in [1.807, 2.05) is 0 Å². The lowest BCUT2D eigenvalue weighted by Gasteiger charge is -1.77. The van der Waals surface area contributed by atoms with Crippen molar-refractivity contribution in [1.82, 2.24) is 0 Å². The van der Waals surface area contributed by atoms with Crippen molar-refractivity contribution in [2.45, 2.75) is 0 Å². The maximum Gasteiger partial charge on any atom is 0.110 e. The lowest BCUT2D eigenvalue weighted by Crippen LogP contribution is -1.82. The van der Waals surface area contributed by atoms with E-state index in [0.29, 0.717) is 0 Å². The number of aliphatic imine (C=N–C) groups is 1. The summed E-state index contributed by atoms with van der Waals surface area (Å²) in [6.07, 6.45) is 0. The van der Waals surface area contributed by atoms with Crippen LogP contribution in [0.2, 0.25) is 0 Å². The Balaban J connectivity index is 2.51. The minimum Gasteiger partial charge on any atom is -0.276 e. The highest BCUT2D eigenvalue weighted by Crippen LogP contribution is 2.08. The monoisotopic (exact) mass is 130 g/mol. The average molecular weight is 130 g/mol. The maximum atomic E-state index is 4.51. The van der Waals surface area contributed by atoms with Gasteiger partial charge in [-0.1, -0.05) is 12.2 Å². The van der Waals surface area contributed by atoms with Gasteiger partial charge in [0.1, 0.15) is 5.04 Å². The lowest BCUT2D eigenvalue weighted by atomic mass is 10.8. The third-order valence-corrected chi connectivity index (χ3v) is 1.89. The van der Waals surface area contributed by atoms with Crippen LogP contribution in [0.4, 0.5) is 0 Å². The maximum absolute atomic E-state index is 4.51. The first-order chi connectivity index (χ1) is 3.43. The normalized spacial score (nSPS) is 19.1. The molecule has 0 N–H and O–H groups in total. The molecular formula is C4H4NS2. The molecule has 1 aliphatic heterocycles. The Morgan fingerprint density at radius 1 is 1.86 bits per heavy atom. The molecule has 1 nitrogen and oxygen atoms in total. The molecule has 0 aromatic rings. The number of hydrogen-bond donors (Lipinski definition) is 0. The van der Waals surface area contributed by atoms with E-state index in [-0.39, 0.29) is 0 Å². The molecule has 1 heterocycles. The van der Waals surface area contributed by atoms with Gasteiger partial charge in [-0.15, -0.1) is 11.8 Å². The molecule has 7 heavy (non-hydrogen) atoms. The van der Waals surface area contributed by atoms with Crippen LogP contribution < -0.4 is 0 Å². The Morgan fingerprint density at radius 3 is 3.00 bits per heavy atom. The summed E-state index contributed by atoms with van der Waals surface area (Å²) >= 11 is 6.19. The van der Waals surface area contributed by atoms with Crippen molar-refractivity contribution in [3.63, 3.8) is 0 Å². The summed E-state index contributed by atoms with van der Waals surface area (Å²) in [4.78, 5) is 4.02. The Bertz CT molecular complexity index is 108. The molecule has 0 amide bonds. The van der Waals surface area contributed by atoms with Crippen molar-refractivity contribution in [2.24, 2.45) is 4.99 Å². The summed E-state index contributed by atoms with van der Waals surface area (Å²) in [7, 11) is 0. The molecule has 0 bridgehead atoms. The molecule has 0 aromatic carbocycles. The van der Waals surface area contributed by atoms with E-state index in [1.165, 1.54) is 0 Å². The van der Waals surface area contributed by atoms with Crippen LogP contribution >= 0.6 is 24.0 Å². The van der Waals surface area contributed by atoms with E-state index in [2.05, 4.69) is 22.6 Å². The molecule has 37 valence electrons. The first kappa shape index (κ1) is 5.25. The van der Waals surface area contributed by atoms with Crippen LogP contribution in [0.25, 0.3) is 0 Å². The van der Waals surface area contributed by atoms with Gasteiger partial charge < -0.3 is 0 Å². The van der Waals surface area contributed by atoms with Gasteiger partial charge in [0.25, 0.3) is 0 Å². The second kappa shape index (κ2) is 2.43. The quantitative estimate of drug-likeness (QED) is 0.491. The molecule has 1 rings (SSSR count). The minimum atomic E-state index is 0.898. The smallest absolute Gasteiger partial charge is 0.110 e. The predicted octanol–water partition coefficient (Wildman–Crippen LogP) is 1.01. The number of thiocarbonyl (C=S) groups is 1. The largest absolute Gasteiger partial charge is 0.276 e. The van der Waals surface area contributed by atoms with Crippen LogP contribution in [0, 0.1) is 0 Å². The van der Waals surface area contributed by atoms with Crippen molar-refractivity contribution in [1.29, 1.82) is 0 Å². The Labute approximate surface area is 52.2 Å². The summed E-state index contributed by atoms with van der Waals surface area (Å²) in [5.74, 6) is 1.08. The summed E-state index contributed by atoms with van der Waals surface area (Å²) in [6, 6.07) is 0. The molecule has 0 fully saturated rings. The second-order valence-corrected chi connectivity index (χ2v) is 2.43. The van der Waals surface area contributed by atoms with Crippen LogP contribution in [-0.4, -0.2) is 22.7 Å². The van der Waals surface area contributed by atoms with Gasteiger partial charge in [-0.25, -0.2) is 0 Å². The number of nitrogens with zero attached hydrogens (tertiary/aromatic N) is 1. The van der Waals surface area contributed by atoms with E-state index in [0.717, 1.165) is 17.3 Å². The van der Waals surface area contributed by atoms with Gasteiger partial charge in [0, 0.05) is 12.3 Å². The van der Waals surface area contributed by atoms with Gasteiger partial charge in [-0.05, 0) is 0 Å². The van der Waals surface area contributed by atoms with Crippen LogP contribution in [0.1, 0.15) is 0 Å². The zero-order chi connectivity index (χ0) is 5.11. The van der Waals surface area contributed by atoms with Gasteiger partial charge in [-0.3, -0.25) is 4.99 Å². The van der Waals surface area contributed by atoms with Gasteiger partial charge >= 0.3 is 0 Å². The highest BCUT2D eigenvalue weighted by atomic mass is 32.2. The molecule has 3 heteroatoms. The van der Waals surface area contributed by atoms with E-state index >= 15 is 0 Å². The van der Waals surface area contributed by atoms with Crippen LogP contribution in [0.3, 0.4) is 0 Å². The van der Waals surface area contributed by atoms with Crippen LogP contribution in [0.15, 0.2) is 4.99 Å². The topological polar surface area (TPSA) is 12.4 Å². The first-order valence-corrected chi connectivity index (χ1v) is 3.38. The van der Waals surface area contributed by atoms with Crippen molar-refractivity contribution < 1.29 is 0 Å². The predicted molar refractivity (Wildman–Crippen MR) is 37.4 cm³/mol. The van der Waals surface area contributed by atoms with E-state index in [4.69, 9.17) is 0 Å². The minimum absolute atomic E-state index is 0.898. The van der Waals surface area contributed by atoms with Crippen LogP contribution in [-0.2, 0) is 0 Å². The molecule has 0 atom stereocenters. The standard InChI is InChI=1S/C4H4NS2/c6-3-4-5-1-2-7-4/h1-2H2. The highest BCUT2D eigenvalue weighted by molar-refractivity contribution is 8.17. The number of thioether (sulfide) groups is 1. The SMILES string of the molecule is S=[C]C1=NCCS1. The van der Waals surface area contributed by atoms with Crippen LogP contribution in [0.5, 0.6) is 0 Å². The average Bonchev–Trinajstić information content (AvgIpc) is 2.14. The fourth-order valence-electron chi connectivity index (χ4n) is 0.397. The van der Waals surface area contributed by atoms with Gasteiger partial charge in [-0.2, -0.15) is 0 Å². The zero-order valence-corrected chi connectivity index (χ0v) is 5.31. The molecule has 1 aliphatic rings. The first-order valence-electron chi connectivity index (χ1n) is 1.99. The van der Waals surface area contributed by atoms with E-state index in [9.17, 15) is 0 Å². The van der Waals surface area contributed by atoms with Gasteiger partial charge in [0.05, 0.1) is 5.37 Å². The molecule has 0 unspecified atom stereocenters. The lowest BCUT2D eigenvalue weighted by molar-refractivity contribution is 1.18. The highest BCUT2D eigenvalue weighted by Gasteiger charge is 2.01. The van der Waals surface area contributed by atoms with Crippen molar-refractivity contribution in [3.05, 3.63) is 0 Å². The Kier molecular flexibility index (Phi) is 1.82. The molecule has 1 radical (unpaired) electrons. The second-order valence-electron chi connectivity index (χ2n) is 1.14. The summed E-state index contributed by atoms with van der Waals surface area (Å²) < 4.78 is 0. The van der Waals surface area contributed by atoms with Gasteiger partial charge in [0.15, 0.2) is 0 Å².